The van der Waals surface area contributed by atoms with Crippen LogP contribution in [-0.2, 0) is 6.61 Å². The molecule has 4 rings (SSSR count). The van der Waals surface area contributed by atoms with Crippen LogP contribution in [0.5, 0.6) is 5.75 Å². The van der Waals surface area contributed by atoms with Gasteiger partial charge in [0.1, 0.15) is 18.2 Å². The molecule has 0 aliphatic carbocycles. The maximum absolute atomic E-state index is 13.6. The predicted octanol–water partition coefficient (Wildman–Crippen LogP) is 4.25. The normalized spacial score (nSPS) is 10.8. The van der Waals surface area contributed by atoms with Crippen molar-refractivity contribution in [3.8, 4) is 28.9 Å². The van der Waals surface area contributed by atoms with Crippen LogP contribution in [0.4, 0.5) is 8.78 Å². The Bertz CT molecular complexity index is 1030. The Morgan fingerprint density at radius 1 is 0.885 bits per heavy atom. The minimum Gasteiger partial charge on any atom is -0.483 e. The van der Waals surface area contributed by atoms with Gasteiger partial charge in [0.05, 0.1) is 0 Å². The molecule has 0 amide bonds. The average molecular weight is 355 g/mol. The Morgan fingerprint density at radius 3 is 2.50 bits per heavy atom. The number of pyridine rings is 1. The Balaban J connectivity index is 1.47. The van der Waals surface area contributed by atoms with E-state index in [1.54, 1.807) is 36.7 Å². The molecule has 8 heteroatoms. The summed E-state index contributed by atoms with van der Waals surface area (Å²) in [5.74, 6) is -0.196. The zero-order valence-electron chi connectivity index (χ0n) is 13.2. The van der Waals surface area contributed by atoms with Gasteiger partial charge in [0, 0.05) is 24.0 Å². The Hall–Kier alpha value is -3.55. The fraction of sp³-hybridized carbons (Fsp3) is 0.0556. The summed E-state index contributed by atoms with van der Waals surface area (Å²) in [6, 6.07) is 9.86. The molecular weight excluding hydrogens is 344 g/mol. The summed E-state index contributed by atoms with van der Waals surface area (Å²) >= 11 is 0. The molecule has 0 saturated carbocycles. The molecule has 0 N–H and O–H groups in total. The molecule has 0 saturated heterocycles. The molecule has 0 radical (unpaired) electrons. The second-order valence-corrected chi connectivity index (χ2v) is 5.28. The van der Waals surface area contributed by atoms with Gasteiger partial charge in [-0.3, -0.25) is 4.98 Å². The van der Waals surface area contributed by atoms with Crippen molar-refractivity contribution in [2.75, 3.05) is 0 Å². The minimum absolute atomic E-state index is 0.0338. The van der Waals surface area contributed by atoms with Gasteiger partial charge in [-0.2, -0.15) is 0 Å². The van der Waals surface area contributed by atoms with Gasteiger partial charge < -0.3 is 13.6 Å². The molecule has 0 spiro atoms. The average Bonchev–Trinajstić information content (AvgIpc) is 3.31. The number of hydrogen-bond acceptors (Lipinski definition) is 6. The highest BCUT2D eigenvalue weighted by Gasteiger charge is 2.14. The molecule has 26 heavy (non-hydrogen) atoms. The van der Waals surface area contributed by atoms with Crippen molar-refractivity contribution in [3.05, 3.63) is 72.3 Å². The molecule has 4 aromatic rings. The van der Waals surface area contributed by atoms with Crippen LogP contribution in [0, 0.1) is 11.6 Å². The van der Waals surface area contributed by atoms with Gasteiger partial charge in [0.2, 0.25) is 5.89 Å². The summed E-state index contributed by atoms with van der Waals surface area (Å²) in [7, 11) is 0. The number of aromatic nitrogens is 3. The van der Waals surface area contributed by atoms with Crippen LogP contribution in [0.25, 0.3) is 23.1 Å². The van der Waals surface area contributed by atoms with E-state index in [0.717, 1.165) is 17.7 Å². The zero-order valence-corrected chi connectivity index (χ0v) is 13.2. The van der Waals surface area contributed by atoms with Crippen LogP contribution < -0.4 is 4.74 Å². The molecular formula is C18H11F2N3O3. The molecule has 6 nitrogen and oxygen atoms in total. The highest BCUT2D eigenvalue weighted by atomic mass is 19.1. The lowest BCUT2D eigenvalue weighted by molar-refractivity contribution is 0.258. The van der Waals surface area contributed by atoms with Gasteiger partial charge in [-0.25, -0.2) is 8.78 Å². The molecule has 1 aromatic carbocycles. The van der Waals surface area contributed by atoms with Gasteiger partial charge in [-0.15, -0.1) is 10.2 Å². The van der Waals surface area contributed by atoms with Crippen molar-refractivity contribution >= 4 is 0 Å². The summed E-state index contributed by atoms with van der Waals surface area (Å²) in [5.41, 5.74) is 0.737. The molecule has 0 aliphatic heterocycles. The first-order valence-electron chi connectivity index (χ1n) is 7.60. The maximum atomic E-state index is 13.6. The predicted molar refractivity (Wildman–Crippen MR) is 85.9 cm³/mol. The molecule has 0 unspecified atom stereocenters. The molecule has 0 atom stereocenters. The number of rotatable bonds is 5. The van der Waals surface area contributed by atoms with E-state index in [9.17, 15) is 8.78 Å². The van der Waals surface area contributed by atoms with E-state index in [2.05, 4.69) is 15.2 Å². The van der Waals surface area contributed by atoms with Crippen molar-refractivity contribution in [3.63, 3.8) is 0 Å². The van der Waals surface area contributed by atoms with Crippen LogP contribution in [0.3, 0.4) is 0 Å². The van der Waals surface area contributed by atoms with Gasteiger partial charge in [0.25, 0.3) is 5.89 Å². The molecule has 0 aliphatic rings. The van der Waals surface area contributed by atoms with Crippen LogP contribution in [0.2, 0.25) is 0 Å². The van der Waals surface area contributed by atoms with E-state index in [1.807, 2.05) is 0 Å². The quantitative estimate of drug-likeness (QED) is 0.533. The Labute approximate surface area is 146 Å². The van der Waals surface area contributed by atoms with Crippen molar-refractivity contribution in [1.29, 1.82) is 0 Å². The second kappa shape index (κ2) is 6.75. The van der Waals surface area contributed by atoms with Crippen molar-refractivity contribution in [2.45, 2.75) is 6.61 Å². The Morgan fingerprint density at radius 2 is 1.69 bits per heavy atom. The van der Waals surface area contributed by atoms with Gasteiger partial charge in [-0.05, 0) is 36.4 Å². The molecule has 130 valence electrons. The van der Waals surface area contributed by atoms with Gasteiger partial charge in [0.15, 0.2) is 17.3 Å². The van der Waals surface area contributed by atoms with E-state index in [1.165, 1.54) is 6.07 Å². The fourth-order valence-electron chi connectivity index (χ4n) is 2.25. The van der Waals surface area contributed by atoms with Gasteiger partial charge >= 0.3 is 0 Å². The zero-order chi connectivity index (χ0) is 17.9. The number of furan rings is 1. The number of hydrogen-bond donors (Lipinski definition) is 0. The number of nitrogens with zero attached hydrogens (tertiary/aromatic N) is 3. The lowest BCUT2D eigenvalue weighted by atomic mass is 10.3. The standard InChI is InChI=1S/C18H11F2N3O3/c19-12-1-3-15(14(20)9-12)24-10-13-2-4-16(25-13)18-23-22-17(26-18)11-5-7-21-8-6-11/h1-9H,10H2. The van der Waals surface area contributed by atoms with Crippen LogP contribution in [-0.4, -0.2) is 15.2 Å². The van der Waals surface area contributed by atoms with E-state index < -0.39 is 11.6 Å². The molecule has 3 heterocycles. The highest BCUT2D eigenvalue weighted by molar-refractivity contribution is 5.54. The van der Waals surface area contributed by atoms with Crippen molar-refractivity contribution < 1.29 is 22.4 Å². The maximum Gasteiger partial charge on any atom is 0.283 e. The van der Waals surface area contributed by atoms with Crippen molar-refractivity contribution in [1.82, 2.24) is 15.2 Å². The van der Waals surface area contributed by atoms with E-state index in [4.69, 9.17) is 13.6 Å². The lowest BCUT2D eigenvalue weighted by Gasteiger charge is -2.05. The first kappa shape index (κ1) is 15.9. The summed E-state index contributed by atoms with van der Waals surface area (Å²) in [4.78, 5) is 3.93. The van der Waals surface area contributed by atoms with E-state index >= 15 is 0 Å². The molecule has 0 bridgehead atoms. The Kier molecular flexibility index (Phi) is 4.14. The number of benzene rings is 1. The highest BCUT2D eigenvalue weighted by Crippen LogP contribution is 2.26. The van der Waals surface area contributed by atoms with Gasteiger partial charge in [-0.1, -0.05) is 0 Å². The molecule has 3 aromatic heterocycles. The van der Waals surface area contributed by atoms with Crippen LogP contribution in [0.1, 0.15) is 5.76 Å². The topological polar surface area (TPSA) is 74.2 Å². The number of ether oxygens (including phenoxy) is 1. The van der Waals surface area contributed by atoms with E-state index in [-0.39, 0.29) is 18.2 Å². The van der Waals surface area contributed by atoms with Crippen LogP contribution in [0.15, 0.2) is 63.7 Å². The number of halogens is 2. The first-order chi connectivity index (χ1) is 12.7. The van der Waals surface area contributed by atoms with Crippen molar-refractivity contribution in [2.24, 2.45) is 0 Å². The smallest absolute Gasteiger partial charge is 0.283 e. The fourth-order valence-corrected chi connectivity index (χ4v) is 2.25. The largest absolute Gasteiger partial charge is 0.483 e. The molecule has 0 fully saturated rings. The second-order valence-electron chi connectivity index (χ2n) is 5.28. The lowest BCUT2D eigenvalue weighted by Crippen LogP contribution is -1.96. The van der Waals surface area contributed by atoms with E-state index in [0.29, 0.717) is 17.4 Å². The SMILES string of the molecule is Fc1ccc(OCc2ccc(-c3nnc(-c4ccncc4)o3)o2)c(F)c1. The summed E-state index contributed by atoms with van der Waals surface area (Å²) in [6.45, 7) is -0.0338. The summed E-state index contributed by atoms with van der Waals surface area (Å²) in [6.07, 6.45) is 3.24. The third-order valence-corrected chi connectivity index (χ3v) is 3.49. The summed E-state index contributed by atoms with van der Waals surface area (Å²) in [5, 5.41) is 7.91. The van der Waals surface area contributed by atoms with Crippen LogP contribution >= 0.6 is 0 Å². The third-order valence-electron chi connectivity index (χ3n) is 3.49. The first-order valence-corrected chi connectivity index (χ1v) is 7.60. The third kappa shape index (κ3) is 3.30. The summed E-state index contributed by atoms with van der Waals surface area (Å²) < 4.78 is 42.9. The minimum atomic E-state index is -0.782. The monoisotopic (exact) mass is 355 g/mol.